The molecule has 0 fully saturated rings. The van der Waals surface area contributed by atoms with Gasteiger partial charge in [-0.3, -0.25) is 8.87 Å². The maximum Gasteiger partial charge on any atom is 0.420 e. The van der Waals surface area contributed by atoms with E-state index in [1.54, 1.807) is 19.1 Å². The van der Waals surface area contributed by atoms with E-state index in [0.29, 0.717) is 29.3 Å². The number of aryl methyl sites for hydroxylation is 2. The van der Waals surface area contributed by atoms with E-state index in [0.717, 1.165) is 5.56 Å². The van der Waals surface area contributed by atoms with Crippen molar-refractivity contribution in [3.8, 4) is 0 Å². The van der Waals surface area contributed by atoms with Gasteiger partial charge in [0.05, 0.1) is 22.6 Å². The topological polar surface area (TPSA) is 111 Å². The van der Waals surface area contributed by atoms with Crippen LogP contribution in [0.5, 0.6) is 0 Å². The maximum absolute atomic E-state index is 13.3. The minimum atomic E-state index is -3.85. The third-order valence-electron chi connectivity index (χ3n) is 4.92. The lowest BCUT2D eigenvalue weighted by molar-refractivity contribution is 0.375. The van der Waals surface area contributed by atoms with Crippen molar-refractivity contribution < 1.29 is 17.4 Å². The van der Waals surface area contributed by atoms with Crippen LogP contribution in [-0.2, 0) is 23.0 Å². The molecule has 4 aromatic rings. The van der Waals surface area contributed by atoms with Gasteiger partial charge in [0.2, 0.25) is 5.89 Å². The van der Waals surface area contributed by atoms with Crippen LogP contribution in [0.2, 0.25) is 0 Å². The number of oxazole rings is 1. The van der Waals surface area contributed by atoms with Crippen LogP contribution in [0.3, 0.4) is 0 Å². The van der Waals surface area contributed by atoms with Crippen molar-refractivity contribution in [3.05, 3.63) is 70.3 Å². The van der Waals surface area contributed by atoms with Gasteiger partial charge in [-0.25, -0.2) is 13.2 Å². The molecule has 0 spiro atoms. The number of aromatic nitrogens is 3. The standard InChI is InChI=1S/C21H22N4O5S/c1-4-20-22-19(23-30-20)13-24-17-10-9-16(12-18(17)29-21(24)26)31(27,28)25(5-2)15-8-6-7-14(3)11-15/h6-12H,4-5,13H2,1-3H3. The van der Waals surface area contributed by atoms with Gasteiger partial charge in [0, 0.05) is 19.0 Å². The van der Waals surface area contributed by atoms with Crippen molar-refractivity contribution in [2.24, 2.45) is 0 Å². The fraction of sp³-hybridized carbons (Fsp3) is 0.286. The number of hydrogen-bond donors (Lipinski definition) is 0. The molecule has 0 aliphatic rings. The number of benzene rings is 2. The third kappa shape index (κ3) is 3.86. The van der Waals surface area contributed by atoms with Gasteiger partial charge in [0.1, 0.15) is 0 Å². The van der Waals surface area contributed by atoms with Gasteiger partial charge in [0.25, 0.3) is 10.0 Å². The summed E-state index contributed by atoms with van der Waals surface area (Å²) in [5.41, 5.74) is 2.15. The Kier molecular flexibility index (Phi) is 5.40. The van der Waals surface area contributed by atoms with E-state index in [4.69, 9.17) is 8.94 Å². The average molecular weight is 442 g/mol. The van der Waals surface area contributed by atoms with Crippen molar-refractivity contribution in [1.82, 2.24) is 14.7 Å². The number of nitrogens with zero attached hydrogens (tertiary/aromatic N) is 4. The minimum Gasteiger partial charge on any atom is -0.408 e. The number of hydrogen-bond acceptors (Lipinski definition) is 7. The van der Waals surface area contributed by atoms with Crippen LogP contribution in [0.25, 0.3) is 11.1 Å². The Hall–Kier alpha value is -3.40. The van der Waals surface area contributed by atoms with Crippen LogP contribution in [0.15, 0.2) is 61.1 Å². The van der Waals surface area contributed by atoms with E-state index in [9.17, 15) is 13.2 Å². The largest absolute Gasteiger partial charge is 0.420 e. The maximum atomic E-state index is 13.3. The summed E-state index contributed by atoms with van der Waals surface area (Å²) in [6.45, 7) is 5.87. The third-order valence-corrected chi connectivity index (χ3v) is 6.82. The molecule has 0 radical (unpaired) electrons. The summed E-state index contributed by atoms with van der Waals surface area (Å²) in [7, 11) is -3.85. The smallest absolute Gasteiger partial charge is 0.408 e. The van der Waals surface area contributed by atoms with Crippen LogP contribution in [0.4, 0.5) is 5.69 Å². The number of fused-ring (bicyclic) bond motifs is 1. The second-order valence-electron chi connectivity index (χ2n) is 7.05. The fourth-order valence-corrected chi connectivity index (χ4v) is 4.88. The molecule has 0 aliphatic heterocycles. The van der Waals surface area contributed by atoms with Crippen LogP contribution < -0.4 is 10.1 Å². The molecular formula is C21H22N4O5S. The molecule has 0 atom stereocenters. The second-order valence-corrected chi connectivity index (χ2v) is 8.91. The summed E-state index contributed by atoms with van der Waals surface area (Å²) in [4.78, 5) is 16.6. The molecular weight excluding hydrogens is 420 g/mol. The highest BCUT2D eigenvalue weighted by Gasteiger charge is 2.25. The first-order valence-corrected chi connectivity index (χ1v) is 11.3. The Bertz CT molecular complexity index is 1400. The van der Waals surface area contributed by atoms with Gasteiger partial charge >= 0.3 is 5.76 Å². The number of rotatable bonds is 7. The van der Waals surface area contributed by atoms with E-state index in [1.807, 2.05) is 32.0 Å². The van der Waals surface area contributed by atoms with Crippen LogP contribution in [-0.4, -0.2) is 29.7 Å². The Balaban J connectivity index is 1.73. The molecule has 2 aromatic carbocycles. The van der Waals surface area contributed by atoms with Gasteiger partial charge in [-0.15, -0.1) is 0 Å². The summed E-state index contributed by atoms with van der Waals surface area (Å²) in [6.07, 6.45) is 0.587. The Morgan fingerprint density at radius 1 is 1.13 bits per heavy atom. The monoisotopic (exact) mass is 442 g/mol. The van der Waals surface area contributed by atoms with E-state index in [2.05, 4.69) is 10.1 Å². The van der Waals surface area contributed by atoms with Gasteiger partial charge in [0.15, 0.2) is 11.4 Å². The van der Waals surface area contributed by atoms with Crippen molar-refractivity contribution in [1.29, 1.82) is 0 Å². The molecule has 0 saturated carbocycles. The van der Waals surface area contributed by atoms with E-state index < -0.39 is 15.8 Å². The molecule has 162 valence electrons. The predicted molar refractivity (Wildman–Crippen MR) is 115 cm³/mol. The molecule has 0 aliphatic carbocycles. The summed E-state index contributed by atoms with van der Waals surface area (Å²) < 4.78 is 39.7. The zero-order valence-electron chi connectivity index (χ0n) is 17.4. The zero-order chi connectivity index (χ0) is 22.2. The van der Waals surface area contributed by atoms with Crippen molar-refractivity contribution in [3.63, 3.8) is 0 Å². The summed E-state index contributed by atoms with van der Waals surface area (Å²) >= 11 is 0. The summed E-state index contributed by atoms with van der Waals surface area (Å²) in [6, 6.07) is 11.7. The number of sulfonamides is 1. The second kappa shape index (κ2) is 8.03. The Labute approximate surface area is 179 Å². The Morgan fingerprint density at radius 2 is 1.94 bits per heavy atom. The molecule has 0 N–H and O–H groups in total. The highest BCUT2D eigenvalue weighted by Crippen LogP contribution is 2.26. The van der Waals surface area contributed by atoms with Crippen molar-refractivity contribution in [2.45, 2.75) is 38.6 Å². The Morgan fingerprint density at radius 3 is 2.61 bits per heavy atom. The highest BCUT2D eigenvalue weighted by atomic mass is 32.2. The van der Waals surface area contributed by atoms with Gasteiger partial charge in [-0.2, -0.15) is 4.98 Å². The highest BCUT2D eigenvalue weighted by molar-refractivity contribution is 7.92. The SMILES string of the molecule is CCc1nc(Cn2c(=O)oc3cc(S(=O)(=O)N(CC)c4cccc(C)c4)ccc32)no1. The molecule has 0 saturated heterocycles. The van der Waals surface area contributed by atoms with Crippen molar-refractivity contribution in [2.75, 3.05) is 10.8 Å². The summed E-state index contributed by atoms with van der Waals surface area (Å²) in [5.74, 6) is 0.188. The molecule has 31 heavy (non-hydrogen) atoms. The van der Waals surface area contributed by atoms with Crippen molar-refractivity contribution >= 4 is 26.8 Å². The molecule has 4 rings (SSSR count). The van der Waals surface area contributed by atoms with Crippen LogP contribution in [0.1, 0.15) is 31.1 Å². The normalized spacial score (nSPS) is 11.8. The van der Waals surface area contributed by atoms with E-state index in [-0.39, 0.29) is 23.6 Å². The van der Waals surface area contributed by atoms with Crippen LogP contribution >= 0.6 is 0 Å². The molecule has 10 heteroatoms. The molecule has 0 unspecified atom stereocenters. The predicted octanol–water partition coefficient (Wildman–Crippen LogP) is 3.11. The first-order valence-electron chi connectivity index (χ1n) is 9.87. The lowest BCUT2D eigenvalue weighted by atomic mass is 10.2. The fourth-order valence-electron chi connectivity index (χ4n) is 3.40. The first kappa shape index (κ1) is 20.9. The van der Waals surface area contributed by atoms with E-state index >= 15 is 0 Å². The molecule has 2 aromatic heterocycles. The van der Waals surface area contributed by atoms with Crippen LogP contribution in [0, 0.1) is 6.92 Å². The molecule has 9 nitrogen and oxygen atoms in total. The quantitative estimate of drug-likeness (QED) is 0.432. The minimum absolute atomic E-state index is 0.0390. The molecule has 0 bridgehead atoms. The van der Waals surface area contributed by atoms with Gasteiger partial charge in [-0.05, 0) is 43.7 Å². The van der Waals surface area contributed by atoms with Gasteiger partial charge < -0.3 is 8.94 Å². The van der Waals surface area contributed by atoms with E-state index in [1.165, 1.54) is 21.0 Å². The zero-order valence-corrected chi connectivity index (χ0v) is 18.2. The first-order chi connectivity index (χ1) is 14.8. The lowest BCUT2D eigenvalue weighted by Gasteiger charge is -2.23. The molecule has 2 heterocycles. The van der Waals surface area contributed by atoms with Gasteiger partial charge in [-0.1, -0.05) is 24.2 Å². The summed E-state index contributed by atoms with van der Waals surface area (Å²) in [5, 5.41) is 3.85. The molecule has 0 amide bonds. The average Bonchev–Trinajstić information content (AvgIpc) is 3.32. The lowest BCUT2D eigenvalue weighted by Crippen LogP contribution is -2.30. The number of anilines is 1.